The maximum atomic E-state index is 11.5. The molecule has 0 saturated carbocycles. The van der Waals surface area contributed by atoms with Gasteiger partial charge in [0.05, 0.1) is 56.6 Å². The van der Waals surface area contributed by atoms with Crippen LogP contribution in [0.5, 0.6) is 0 Å². The van der Waals surface area contributed by atoms with Crippen LogP contribution in [-0.2, 0) is 4.74 Å². The van der Waals surface area contributed by atoms with E-state index in [1.54, 1.807) is 35.3 Å². The fraction of sp³-hybridized carbons (Fsp3) is 0.847. The van der Waals surface area contributed by atoms with Crippen LogP contribution in [0.1, 0.15) is 336 Å². The maximum absolute atomic E-state index is 11.5. The normalized spacial score (nSPS) is 13.3. The van der Waals surface area contributed by atoms with Crippen molar-refractivity contribution in [2.75, 3.05) is 26.4 Å². The molecule has 0 aliphatic heterocycles. The largest absolute Gasteiger partial charge is 0.501 e. The summed E-state index contributed by atoms with van der Waals surface area (Å²) in [5.74, 6) is 0. The van der Waals surface area contributed by atoms with Gasteiger partial charge in [-0.2, -0.15) is 0 Å². The second kappa shape index (κ2) is 56.7. The van der Waals surface area contributed by atoms with Crippen molar-refractivity contribution < 1.29 is 35.4 Å². The Labute approximate surface area is 582 Å². The van der Waals surface area contributed by atoms with Crippen LogP contribution >= 0.6 is 95.9 Å². The van der Waals surface area contributed by atoms with Crippen LogP contribution < -0.4 is 0 Å². The maximum Gasteiger partial charge on any atom is 0.173 e. The van der Waals surface area contributed by atoms with E-state index in [0.717, 1.165) is 116 Å². The van der Waals surface area contributed by atoms with Gasteiger partial charge in [0.15, 0.2) is 25.4 Å². The molecule has 2 aromatic rings. The topological polar surface area (TPSA) is 159 Å². The molecule has 0 aliphatic carbocycles. The fourth-order valence-electron chi connectivity index (χ4n) is 11.5. The zero-order valence-corrected chi connectivity index (χ0v) is 63.0. The molecule has 4 unspecified atom stereocenters. The number of unbranched alkanes of at least 4 members (excludes halogenated alkanes) is 40. The Hall–Kier alpha value is -0.470. The summed E-state index contributed by atoms with van der Waals surface area (Å²) in [6, 6.07) is 2.12. The molecular weight excluding hydrogens is 1260 g/mol. The van der Waals surface area contributed by atoms with Crippen molar-refractivity contribution in [2.45, 2.75) is 377 Å². The molecule has 0 spiro atoms. The number of imidazole rings is 1. The lowest BCUT2D eigenvalue weighted by Gasteiger charge is -2.28. The number of ether oxygens (including phenoxy) is 1. The van der Waals surface area contributed by atoms with E-state index in [2.05, 4.69) is 38.7 Å². The van der Waals surface area contributed by atoms with Gasteiger partial charge in [0.2, 0.25) is 0 Å². The molecule has 2 rings (SSSR count). The van der Waals surface area contributed by atoms with E-state index in [1.807, 2.05) is 0 Å². The Morgan fingerprint density at radius 2 is 0.685 bits per heavy atom. The minimum atomic E-state index is -1.25. The van der Waals surface area contributed by atoms with Crippen LogP contribution in [0.4, 0.5) is 0 Å². The molecular formula is C72H128N2O7S8. The molecule has 0 bridgehead atoms. The van der Waals surface area contributed by atoms with Crippen LogP contribution in [0.15, 0.2) is 25.9 Å². The Bertz CT molecular complexity index is 2090. The standard InChI is InChI=1S/C72H128N2O7S8/c1-5-9-13-17-21-25-29-33-37-41-45-49-59(67(78)82)86-63-53-58-64(74-71(73-58)89-62(70(85)81-57-72(54-75,55-76)56-77)52-48-44-40-36-32-28-24-20-16-12-8-4)66(88-61(69(80)84)51-47-43-39-35-31-27-23-19-15-11-7-3)65(63)87-60(68(79)83)50-46-42-38-34-30-26-22-18-14-10-6-2/h53,59-62,75-77H,5-52,54-57H2,1-4H3,(H,73,74)(H,78,82)(H,79,83)(H,80,84). The van der Waals surface area contributed by atoms with E-state index in [9.17, 15) is 30.6 Å². The smallest absolute Gasteiger partial charge is 0.173 e. The van der Waals surface area contributed by atoms with Crippen LogP contribution in [0.25, 0.3) is 11.0 Å². The number of aromatic amines is 1. The van der Waals surface area contributed by atoms with Crippen molar-refractivity contribution in [3.63, 3.8) is 0 Å². The van der Waals surface area contributed by atoms with E-state index in [1.165, 1.54) is 217 Å². The number of H-pyrrole nitrogens is 1. The Kier molecular flexibility index (Phi) is 53.9. The first-order chi connectivity index (χ1) is 43.3. The third-order valence-corrected chi connectivity index (χ3v) is 24.9. The molecule has 0 radical (unpaired) electrons. The number of hydrogen-bond donors (Lipinski definition) is 7. The first kappa shape index (κ1) is 84.6. The predicted octanol–water partition coefficient (Wildman–Crippen LogP) is 24.2. The summed E-state index contributed by atoms with van der Waals surface area (Å²) in [5.41, 5.74) is 0.255. The van der Waals surface area contributed by atoms with Gasteiger partial charge in [0.1, 0.15) is 12.1 Å². The highest BCUT2D eigenvalue weighted by molar-refractivity contribution is 8.06. The van der Waals surface area contributed by atoms with E-state index < -0.39 is 35.7 Å². The van der Waals surface area contributed by atoms with E-state index >= 15 is 0 Å². The zero-order valence-electron chi connectivity index (χ0n) is 56.5. The highest BCUT2D eigenvalue weighted by atomic mass is 32.2. The van der Waals surface area contributed by atoms with Crippen molar-refractivity contribution in [2.24, 2.45) is 5.41 Å². The molecule has 1 aromatic heterocycles. The minimum absolute atomic E-state index is 0.0272. The number of rotatable bonds is 65. The van der Waals surface area contributed by atoms with Crippen molar-refractivity contribution >= 4 is 127 Å². The van der Waals surface area contributed by atoms with Gasteiger partial charge < -0.3 is 40.4 Å². The summed E-state index contributed by atoms with van der Waals surface area (Å²) in [7, 11) is 0. The lowest BCUT2D eigenvalue weighted by molar-refractivity contribution is -0.0287. The lowest BCUT2D eigenvalue weighted by atomic mass is 9.93. The Morgan fingerprint density at radius 1 is 0.404 bits per heavy atom. The van der Waals surface area contributed by atoms with Gasteiger partial charge in [-0.1, -0.05) is 322 Å². The zero-order chi connectivity index (χ0) is 65.0. The molecule has 0 saturated heterocycles. The summed E-state index contributed by atoms with van der Waals surface area (Å²) < 4.78 is 6.23. The number of thiocarbonyl (C=S) groups is 4. The number of nitrogens with one attached hydrogen (secondary N) is 1. The van der Waals surface area contributed by atoms with Gasteiger partial charge in [-0.25, -0.2) is 4.98 Å². The van der Waals surface area contributed by atoms with Crippen LogP contribution in [0.3, 0.4) is 0 Å². The quantitative estimate of drug-likeness (QED) is 0.0190. The van der Waals surface area contributed by atoms with Gasteiger partial charge in [-0.05, 0) is 80.6 Å². The minimum Gasteiger partial charge on any atom is -0.501 e. The molecule has 516 valence electrons. The fourth-order valence-corrected chi connectivity index (χ4v) is 17.6. The molecule has 0 aliphatic rings. The molecule has 0 amide bonds. The van der Waals surface area contributed by atoms with Crippen molar-refractivity contribution in [3.05, 3.63) is 6.07 Å². The lowest BCUT2D eigenvalue weighted by Crippen LogP contribution is -2.40. The van der Waals surface area contributed by atoms with Gasteiger partial charge >= 0.3 is 0 Å². The molecule has 7 N–H and O–H groups in total. The SMILES string of the molecule is CCCCCCCCCCCCCC(Sc1cc2[nH]c(SC(CCCCCCCCCCCCC)C(=S)OCC(CO)(CO)CO)nc2c(SC(CCCCCCCCCCCCC)C(O)=S)c1SC(CCCCCCCCCCCCC)C(O)=S)C(O)=S. The number of aromatic nitrogens is 2. The van der Waals surface area contributed by atoms with Crippen LogP contribution in [0.2, 0.25) is 0 Å². The summed E-state index contributed by atoms with van der Waals surface area (Å²) in [5, 5.41) is 64.4. The Morgan fingerprint density at radius 3 is 0.989 bits per heavy atom. The molecule has 1 heterocycles. The van der Waals surface area contributed by atoms with Gasteiger partial charge in [0, 0.05) is 9.79 Å². The van der Waals surface area contributed by atoms with Gasteiger partial charge in [-0.15, -0.1) is 35.3 Å². The third-order valence-electron chi connectivity index (χ3n) is 17.6. The number of aliphatic hydroxyl groups excluding tert-OH is 6. The van der Waals surface area contributed by atoms with E-state index in [4.69, 9.17) is 58.6 Å². The highest BCUT2D eigenvalue weighted by Gasteiger charge is 2.33. The summed E-state index contributed by atoms with van der Waals surface area (Å²) in [6.07, 6.45) is 56.5. The monoisotopic (exact) mass is 1390 g/mol. The molecule has 17 heteroatoms. The van der Waals surface area contributed by atoms with Crippen molar-refractivity contribution in [1.29, 1.82) is 0 Å². The van der Waals surface area contributed by atoms with E-state index in [-0.39, 0.29) is 32.3 Å². The second-order valence-corrected chi connectivity index (χ2v) is 32.3. The van der Waals surface area contributed by atoms with Gasteiger partial charge in [-0.3, -0.25) is 0 Å². The summed E-state index contributed by atoms with van der Waals surface area (Å²) >= 11 is 29.4. The number of nitrogens with zero attached hydrogens (tertiary/aromatic N) is 1. The van der Waals surface area contributed by atoms with Gasteiger partial charge in [0.25, 0.3) is 0 Å². The van der Waals surface area contributed by atoms with Crippen LogP contribution in [-0.4, -0.2) is 108 Å². The third kappa shape index (κ3) is 40.0. The average Bonchev–Trinajstić information content (AvgIpc) is 1.82. The first-order valence-electron chi connectivity index (χ1n) is 36.2. The molecule has 9 nitrogen and oxygen atoms in total. The van der Waals surface area contributed by atoms with Crippen molar-refractivity contribution in [1.82, 2.24) is 9.97 Å². The predicted molar refractivity (Wildman–Crippen MR) is 407 cm³/mol. The number of hydrogen-bond acceptors (Lipinski definition) is 13. The molecule has 1 aromatic carbocycles. The first-order valence-corrected chi connectivity index (χ1v) is 41.4. The summed E-state index contributed by atoms with van der Waals surface area (Å²) in [6.45, 7) is 7.56. The number of benzene rings is 1. The highest BCUT2D eigenvalue weighted by Crippen LogP contribution is 2.49. The average molecular weight is 1390 g/mol. The van der Waals surface area contributed by atoms with Crippen LogP contribution in [0, 0.1) is 5.41 Å². The second-order valence-electron chi connectivity index (χ2n) is 25.8. The Balaban J connectivity index is 2.68. The van der Waals surface area contributed by atoms with E-state index in [0.29, 0.717) is 23.0 Å². The number of aliphatic hydroxyl groups is 6. The molecule has 0 fully saturated rings. The molecule has 4 atom stereocenters. The van der Waals surface area contributed by atoms with Crippen molar-refractivity contribution in [3.8, 4) is 0 Å². The molecule has 89 heavy (non-hydrogen) atoms. The summed E-state index contributed by atoms with van der Waals surface area (Å²) in [4.78, 5) is 11.7. The number of thioether (sulfide) groups is 4. The number of fused-ring (bicyclic) bond motifs is 1.